The van der Waals surface area contributed by atoms with Crippen LogP contribution in [0.5, 0.6) is 11.5 Å². The number of benzene rings is 4. The van der Waals surface area contributed by atoms with Crippen molar-refractivity contribution in [2.75, 3.05) is 24.4 Å². The third-order valence-electron chi connectivity index (χ3n) is 8.82. The molecule has 1 N–H and O–H groups in total. The van der Waals surface area contributed by atoms with Gasteiger partial charge in [-0.25, -0.2) is 0 Å². The molecule has 0 aromatic heterocycles. The van der Waals surface area contributed by atoms with Crippen molar-refractivity contribution in [1.29, 1.82) is 0 Å². The van der Waals surface area contributed by atoms with E-state index in [1.807, 2.05) is 71.6 Å². The molecule has 3 aliphatic rings. The van der Waals surface area contributed by atoms with E-state index >= 15 is 4.79 Å². The SMILES string of the molecule is COc1ccc(OC)c(C(=O)[C@H]2[C@H](C(=O)c3ccccc3)N3c4ccccc4C=C[C@@H]3[C@]23C(=O)Nc2ccccc23)c1. The number of nitrogens with zero attached hydrogens (tertiary/aromatic N) is 1. The summed E-state index contributed by atoms with van der Waals surface area (Å²) in [4.78, 5) is 46.2. The Labute approximate surface area is 243 Å². The number of anilines is 2. The Morgan fingerprint density at radius 3 is 2.36 bits per heavy atom. The van der Waals surface area contributed by atoms with E-state index in [4.69, 9.17) is 9.47 Å². The van der Waals surface area contributed by atoms with E-state index < -0.39 is 23.4 Å². The zero-order valence-electron chi connectivity index (χ0n) is 23.1. The van der Waals surface area contributed by atoms with Crippen molar-refractivity contribution in [1.82, 2.24) is 0 Å². The van der Waals surface area contributed by atoms with Crippen molar-refractivity contribution in [3.63, 3.8) is 0 Å². The number of fused-ring (bicyclic) bond motifs is 6. The van der Waals surface area contributed by atoms with Crippen LogP contribution in [0.2, 0.25) is 0 Å². The minimum atomic E-state index is -1.40. The third kappa shape index (κ3) is 3.49. The number of para-hydroxylation sites is 2. The van der Waals surface area contributed by atoms with Crippen LogP contribution in [0.4, 0.5) is 11.4 Å². The lowest BCUT2D eigenvalue weighted by atomic mass is 9.64. The zero-order chi connectivity index (χ0) is 29.0. The van der Waals surface area contributed by atoms with Crippen molar-refractivity contribution < 1.29 is 23.9 Å². The van der Waals surface area contributed by atoms with Crippen LogP contribution in [0.15, 0.2) is 103 Å². The van der Waals surface area contributed by atoms with E-state index in [1.165, 1.54) is 14.2 Å². The normalized spacial score (nSPS) is 23.1. The largest absolute Gasteiger partial charge is 0.497 e. The van der Waals surface area contributed by atoms with Crippen molar-refractivity contribution in [2.24, 2.45) is 5.92 Å². The van der Waals surface area contributed by atoms with Gasteiger partial charge in [0.25, 0.3) is 0 Å². The maximum atomic E-state index is 15.1. The molecule has 1 fully saturated rings. The lowest BCUT2D eigenvalue weighted by Crippen LogP contribution is -2.51. The molecule has 4 aromatic rings. The Morgan fingerprint density at radius 1 is 0.833 bits per heavy atom. The molecule has 0 radical (unpaired) electrons. The van der Waals surface area contributed by atoms with Gasteiger partial charge in [0.2, 0.25) is 5.91 Å². The number of rotatable bonds is 6. The highest BCUT2D eigenvalue weighted by Gasteiger charge is 2.70. The number of ketones is 2. The molecule has 42 heavy (non-hydrogen) atoms. The van der Waals surface area contributed by atoms with E-state index in [9.17, 15) is 9.59 Å². The van der Waals surface area contributed by atoms with Gasteiger partial charge in [-0.3, -0.25) is 14.4 Å². The molecule has 4 aromatic carbocycles. The fourth-order valence-electron chi connectivity index (χ4n) is 7.07. The first-order valence-electron chi connectivity index (χ1n) is 13.8. The van der Waals surface area contributed by atoms with Crippen LogP contribution in [0.25, 0.3) is 6.08 Å². The number of amides is 1. The number of carbonyl (C=O) groups excluding carboxylic acids is 3. The first kappa shape index (κ1) is 25.8. The Morgan fingerprint density at radius 2 is 1.57 bits per heavy atom. The molecular formula is C35H28N2O5. The summed E-state index contributed by atoms with van der Waals surface area (Å²) >= 11 is 0. The lowest BCUT2D eigenvalue weighted by Gasteiger charge is -2.37. The van der Waals surface area contributed by atoms with Gasteiger partial charge in [0.15, 0.2) is 11.6 Å². The Kier molecular flexibility index (Phi) is 5.97. The Balaban J connectivity index is 1.55. The molecular weight excluding hydrogens is 528 g/mol. The molecule has 208 valence electrons. The minimum absolute atomic E-state index is 0.236. The van der Waals surface area contributed by atoms with Gasteiger partial charge in [0, 0.05) is 16.9 Å². The molecule has 1 saturated heterocycles. The van der Waals surface area contributed by atoms with Crippen LogP contribution < -0.4 is 19.7 Å². The lowest BCUT2D eigenvalue weighted by molar-refractivity contribution is -0.121. The summed E-state index contributed by atoms with van der Waals surface area (Å²) in [5.74, 6) is -1.21. The van der Waals surface area contributed by atoms with Crippen LogP contribution >= 0.6 is 0 Å². The van der Waals surface area contributed by atoms with Crippen LogP contribution in [-0.4, -0.2) is 43.8 Å². The molecule has 3 aliphatic heterocycles. The van der Waals surface area contributed by atoms with E-state index in [2.05, 4.69) is 5.32 Å². The summed E-state index contributed by atoms with van der Waals surface area (Å²) in [7, 11) is 3.02. The van der Waals surface area contributed by atoms with Gasteiger partial charge in [0.05, 0.1) is 31.7 Å². The fourth-order valence-corrected chi connectivity index (χ4v) is 7.07. The van der Waals surface area contributed by atoms with E-state index in [1.54, 1.807) is 42.5 Å². The van der Waals surface area contributed by atoms with Crippen LogP contribution in [-0.2, 0) is 10.2 Å². The highest BCUT2D eigenvalue weighted by atomic mass is 16.5. The summed E-state index contributed by atoms with van der Waals surface area (Å²) in [6.45, 7) is 0. The van der Waals surface area contributed by atoms with Crippen LogP contribution in [0, 0.1) is 5.92 Å². The van der Waals surface area contributed by atoms with E-state index in [0.29, 0.717) is 28.3 Å². The molecule has 3 heterocycles. The van der Waals surface area contributed by atoms with Crippen molar-refractivity contribution >= 4 is 34.9 Å². The van der Waals surface area contributed by atoms with Gasteiger partial charge < -0.3 is 19.7 Å². The fraction of sp³-hybridized carbons (Fsp3) is 0.171. The van der Waals surface area contributed by atoms with E-state index in [-0.39, 0.29) is 23.0 Å². The molecule has 0 saturated carbocycles. The number of nitrogens with one attached hydrogen (secondary N) is 1. The second-order valence-corrected chi connectivity index (χ2v) is 10.7. The van der Waals surface area contributed by atoms with Crippen molar-refractivity contribution in [3.8, 4) is 11.5 Å². The molecule has 0 unspecified atom stereocenters. The first-order chi connectivity index (χ1) is 20.5. The number of ether oxygens (including phenoxy) is 2. The summed E-state index contributed by atoms with van der Waals surface area (Å²) in [5.41, 5.74) is 2.35. The first-order valence-corrected chi connectivity index (χ1v) is 13.8. The smallest absolute Gasteiger partial charge is 0.238 e. The molecule has 1 amide bonds. The number of hydrogen-bond acceptors (Lipinski definition) is 6. The maximum Gasteiger partial charge on any atom is 0.238 e. The van der Waals surface area contributed by atoms with Crippen molar-refractivity contribution in [2.45, 2.75) is 17.5 Å². The molecule has 7 rings (SSSR count). The zero-order valence-corrected chi connectivity index (χ0v) is 23.1. The third-order valence-corrected chi connectivity index (χ3v) is 8.82. The predicted octanol–water partition coefficient (Wildman–Crippen LogP) is 5.56. The quantitative estimate of drug-likeness (QED) is 0.313. The summed E-state index contributed by atoms with van der Waals surface area (Å²) in [6.07, 6.45) is 3.95. The Bertz CT molecular complexity index is 1780. The predicted molar refractivity (Wildman–Crippen MR) is 160 cm³/mol. The minimum Gasteiger partial charge on any atom is -0.497 e. The molecule has 1 spiro atoms. The standard InChI is InChI=1S/C35H28N2O5/c1-41-23-17-18-28(42-2)24(20-23)33(39)30-31(32(38)22-11-4-3-5-12-22)37-27-15-9-6-10-21(27)16-19-29(37)35(30)25-13-7-8-14-26(25)36-34(35)40/h3-20,29-31H,1-2H3,(H,36,40)/t29-,30-,31-,35+/m1/s1. The van der Waals surface area contributed by atoms with Gasteiger partial charge in [-0.1, -0.05) is 78.9 Å². The van der Waals surface area contributed by atoms with Crippen molar-refractivity contribution in [3.05, 3.63) is 125 Å². The second kappa shape index (κ2) is 9.73. The van der Waals surface area contributed by atoms with Crippen LogP contribution in [0.1, 0.15) is 31.8 Å². The second-order valence-electron chi connectivity index (χ2n) is 10.7. The molecule has 4 atom stereocenters. The molecule has 0 aliphatic carbocycles. The van der Waals surface area contributed by atoms with Gasteiger partial charge >= 0.3 is 0 Å². The summed E-state index contributed by atoms with van der Waals surface area (Å²) < 4.78 is 11.1. The number of Topliss-reactive ketones (excluding diaryl/α,β-unsaturated/α-hetero) is 2. The molecule has 0 bridgehead atoms. The average molecular weight is 557 g/mol. The van der Waals surface area contributed by atoms with Gasteiger partial charge in [-0.2, -0.15) is 0 Å². The highest BCUT2D eigenvalue weighted by molar-refractivity contribution is 6.19. The average Bonchev–Trinajstić information content (AvgIpc) is 3.52. The van der Waals surface area contributed by atoms with Gasteiger partial charge in [-0.05, 0) is 41.5 Å². The highest BCUT2D eigenvalue weighted by Crippen LogP contribution is 2.58. The number of methoxy groups -OCH3 is 2. The summed E-state index contributed by atoms with van der Waals surface area (Å²) in [5, 5.41) is 3.05. The number of hydrogen-bond donors (Lipinski definition) is 1. The van der Waals surface area contributed by atoms with E-state index in [0.717, 1.165) is 11.3 Å². The Hall–Kier alpha value is -5.17. The summed E-state index contributed by atoms with van der Waals surface area (Å²) in [6, 6.07) is 27.6. The van der Waals surface area contributed by atoms with Gasteiger partial charge in [0.1, 0.15) is 23.0 Å². The molecule has 7 nitrogen and oxygen atoms in total. The topological polar surface area (TPSA) is 84.9 Å². The molecule has 7 heteroatoms. The number of carbonyl (C=O) groups is 3. The van der Waals surface area contributed by atoms with Gasteiger partial charge in [-0.15, -0.1) is 0 Å². The van der Waals surface area contributed by atoms with Crippen LogP contribution in [0.3, 0.4) is 0 Å². The monoisotopic (exact) mass is 556 g/mol. The maximum absolute atomic E-state index is 15.1.